The van der Waals surface area contributed by atoms with Gasteiger partial charge in [-0.1, -0.05) is 19.8 Å². The zero-order valence-electron chi connectivity index (χ0n) is 13.7. The van der Waals surface area contributed by atoms with Crippen LogP contribution in [0.2, 0.25) is 0 Å². The molecule has 0 spiro atoms. The smallest absolute Gasteiger partial charge is 0.234 e. The number of nitrogens with one attached hydrogen (secondary N) is 1. The fourth-order valence-corrected chi connectivity index (χ4v) is 3.43. The molecule has 120 valence electrons. The van der Waals surface area contributed by atoms with E-state index in [0.717, 1.165) is 39.0 Å². The number of hydrogen-bond donors (Lipinski definition) is 1. The second kappa shape index (κ2) is 6.77. The highest BCUT2D eigenvalue weighted by Gasteiger charge is 2.39. The van der Waals surface area contributed by atoms with Crippen molar-refractivity contribution in [2.45, 2.75) is 52.5 Å². The van der Waals surface area contributed by atoms with E-state index in [1.807, 2.05) is 18.7 Å². The van der Waals surface area contributed by atoms with Crippen LogP contribution in [0.1, 0.15) is 46.5 Å². The van der Waals surface area contributed by atoms with Crippen LogP contribution in [0.4, 0.5) is 0 Å². The van der Waals surface area contributed by atoms with Crippen molar-refractivity contribution < 1.29 is 9.59 Å². The third-order valence-electron chi connectivity index (χ3n) is 4.70. The summed E-state index contributed by atoms with van der Waals surface area (Å²) in [5.41, 5.74) is -0.128. The Morgan fingerprint density at radius 2 is 1.67 bits per heavy atom. The molecule has 2 aliphatic rings. The minimum absolute atomic E-state index is 0.0764. The average molecular weight is 295 g/mol. The van der Waals surface area contributed by atoms with Gasteiger partial charge in [-0.25, -0.2) is 0 Å². The van der Waals surface area contributed by atoms with Gasteiger partial charge in [0.15, 0.2) is 0 Å². The first-order valence-electron chi connectivity index (χ1n) is 8.22. The minimum Gasteiger partial charge on any atom is -0.353 e. The summed E-state index contributed by atoms with van der Waals surface area (Å²) in [6.07, 6.45) is 4.42. The van der Waals surface area contributed by atoms with Crippen molar-refractivity contribution in [2.24, 2.45) is 5.41 Å². The highest BCUT2D eigenvalue weighted by atomic mass is 16.2. The number of carbonyl (C=O) groups excluding carboxylic acids is 2. The maximum absolute atomic E-state index is 12.6. The quantitative estimate of drug-likeness (QED) is 0.849. The molecule has 0 unspecified atom stereocenters. The number of nitrogens with zero attached hydrogens (tertiary/aromatic N) is 2. The molecule has 21 heavy (non-hydrogen) atoms. The second-order valence-electron chi connectivity index (χ2n) is 7.06. The second-order valence-corrected chi connectivity index (χ2v) is 7.06. The van der Waals surface area contributed by atoms with Crippen molar-refractivity contribution in [3.63, 3.8) is 0 Å². The number of carbonyl (C=O) groups is 2. The molecule has 1 saturated carbocycles. The van der Waals surface area contributed by atoms with Gasteiger partial charge in [0.25, 0.3) is 0 Å². The highest BCUT2D eigenvalue weighted by molar-refractivity contribution is 5.83. The lowest BCUT2D eigenvalue weighted by Gasteiger charge is -2.38. The third-order valence-corrected chi connectivity index (χ3v) is 4.70. The first kappa shape index (κ1) is 16.3. The van der Waals surface area contributed by atoms with E-state index in [9.17, 15) is 9.59 Å². The lowest BCUT2D eigenvalue weighted by atomic mass is 9.87. The number of amides is 2. The summed E-state index contributed by atoms with van der Waals surface area (Å²) < 4.78 is 0. The van der Waals surface area contributed by atoms with Crippen LogP contribution in [0, 0.1) is 5.41 Å². The molecule has 0 aromatic rings. The summed E-state index contributed by atoms with van der Waals surface area (Å²) >= 11 is 0. The molecule has 0 bridgehead atoms. The normalized spacial score (nSPS) is 22.6. The lowest BCUT2D eigenvalue weighted by molar-refractivity contribution is -0.142. The van der Waals surface area contributed by atoms with Crippen LogP contribution in [0.3, 0.4) is 0 Å². The van der Waals surface area contributed by atoms with Gasteiger partial charge < -0.3 is 10.2 Å². The van der Waals surface area contributed by atoms with Crippen LogP contribution >= 0.6 is 0 Å². The standard InChI is InChI=1S/C16H29N3O2/c1-13(2)17-14(20)12-18-8-10-19(11-9-18)15(21)16(3)6-4-5-7-16/h13H,4-12H2,1-3H3,(H,17,20). The Morgan fingerprint density at radius 3 is 2.19 bits per heavy atom. The Labute approximate surface area is 128 Å². The Hall–Kier alpha value is -1.10. The summed E-state index contributed by atoms with van der Waals surface area (Å²) in [4.78, 5) is 28.5. The molecular formula is C16H29N3O2. The molecule has 0 aromatic heterocycles. The zero-order chi connectivity index (χ0) is 15.5. The van der Waals surface area contributed by atoms with Gasteiger partial charge in [0.1, 0.15) is 0 Å². The van der Waals surface area contributed by atoms with Gasteiger partial charge in [0.05, 0.1) is 6.54 Å². The van der Waals surface area contributed by atoms with Gasteiger partial charge in [0, 0.05) is 37.6 Å². The summed E-state index contributed by atoms with van der Waals surface area (Å²) in [5.74, 6) is 0.402. The van der Waals surface area contributed by atoms with Gasteiger partial charge in [-0.2, -0.15) is 0 Å². The predicted molar refractivity (Wildman–Crippen MR) is 82.9 cm³/mol. The molecule has 5 nitrogen and oxygen atoms in total. The van der Waals surface area contributed by atoms with Gasteiger partial charge in [0.2, 0.25) is 11.8 Å². The Bertz CT molecular complexity index is 381. The van der Waals surface area contributed by atoms with Gasteiger partial charge >= 0.3 is 0 Å². The van der Waals surface area contributed by atoms with Gasteiger partial charge in [-0.05, 0) is 26.7 Å². The van der Waals surface area contributed by atoms with E-state index in [2.05, 4.69) is 17.1 Å². The lowest BCUT2D eigenvalue weighted by Crippen LogP contribution is -2.54. The Balaban J connectivity index is 1.78. The molecule has 1 N–H and O–H groups in total. The van der Waals surface area contributed by atoms with Crippen molar-refractivity contribution >= 4 is 11.8 Å². The van der Waals surface area contributed by atoms with E-state index >= 15 is 0 Å². The summed E-state index contributed by atoms with van der Waals surface area (Å²) in [6, 6.07) is 0.183. The molecule has 1 heterocycles. The van der Waals surface area contributed by atoms with Crippen molar-refractivity contribution in [2.75, 3.05) is 32.7 Å². The van der Waals surface area contributed by atoms with Crippen LogP contribution in [0.15, 0.2) is 0 Å². The molecule has 0 aromatic carbocycles. The Morgan fingerprint density at radius 1 is 1.10 bits per heavy atom. The zero-order valence-corrected chi connectivity index (χ0v) is 13.7. The molecule has 5 heteroatoms. The van der Waals surface area contributed by atoms with E-state index in [4.69, 9.17) is 0 Å². The SMILES string of the molecule is CC(C)NC(=O)CN1CCN(C(=O)C2(C)CCCC2)CC1. The largest absolute Gasteiger partial charge is 0.353 e. The molecule has 1 aliphatic carbocycles. The number of hydrogen-bond acceptors (Lipinski definition) is 3. The van der Waals surface area contributed by atoms with Gasteiger partial charge in [-0.3, -0.25) is 14.5 Å². The van der Waals surface area contributed by atoms with E-state index in [1.165, 1.54) is 12.8 Å². The Kier molecular flexibility index (Phi) is 5.25. The van der Waals surface area contributed by atoms with Crippen LogP contribution < -0.4 is 5.32 Å². The van der Waals surface area contributed by atoms with Crippen molar-refractivity contribution in [1.29, 1.82) is 0 Å². The van der Waals surface area contributed by atoms with E-state index in [0.29, 0.717) is 12.5 Å². The molecule has 2 rings (SSSR count). The fourth-order valence-electron chi connectivity index (χ4n) is 3.43. The van der Waals surface area contributed by atoms with Crippen molar-refractivity contribution in [1.82, 2.24) is 15.1 Å². The molecule has 1 saturated heterocycles. The average Bonchev–Trinajstić information content (AvgIpc) is 2.86. The van der Waals surface area contributed by atoms with E-state index in [-0.39, 0.29) is 17.4 Å². The molecule has 0 radical (unpaired) electrons. The summed E-state index contributed by atoms with van der Waals surface area (Å²) in [6.45, 7) is 9.60. The van der Waals surface area contributed by atoms with Crippen LogP contribution in [-0.4, -0.2) is 60.4 Å². The monoisotopic (exact) mass is 295 g/mol. The minimum atomic E-state index is -0.128. The van der Waals surface area contributed by atoms with E-state index < -0.39 is 0 Å². The third kappa shape index (κ3) is 4.19. The first-order chi connectivity index (χ1) is 9.90. The van der Waals surface area contributed by atoms with Crippen molar-refractivity contribution in [3.8, 4) is 0 Å². The molecular weight excluding hydrogens is 266 g/mol. The number of rotatable bonds is 4. The molecule has 0 atom stereocenters. The predicted octanol–water partition coefficient (Wildman–Crippen LogP) is 1.24. The van der Waals surface area contributed by atoms with Gasteiger partial charge in [-0.15, -0.1) is 0 Å². The first-order valence-corrected chi connectivity index (χ1v) is 8.22. The highest BCUT2D eigenvalue weighted by Crippen LogP contribution is 2.39. The van der Waals surface area contributed by atoms with Crippen LogP contribution in [-0.2, 0) is 9.59 Å². The maximum Gasteiger partial charge on any atom is 0.234 e. The van der Waals surface area contributed by atoms with Crippen LogP contribution in [0.25, 0.3) is 0 Å². The fraction of sp³-hybridized carbons (Fsp3) is 0.875. The molecule has 1 aliphatic heterocycles. The molecule has 2 amide bonds. The van der Waals surface area contributed by atoms with Crippen LogP contribution in [0.5, 0.6) is 0 Å². The molecule has 2 fully saturated rings. The summed E-state index contributed by atoms with van der Waals surface area (Å²) in [5, 5.41) is 2.91. The number of piperazine rings is 1. The van der Waals surface area contributed by atoms with Crippen molar-refractivity contribution in [3.05, 3.63) is 0 Å². The van der Waals surface area contributed by atoms with E-state index in [1.54, 1.807) is 0 Å². The maximum atomic E-state index is 12.6. The summed E-state index contributed by atoms with van der Waals surface area (Å²) in [7, 11) is 0. The topological polar surface area (TPSA) is 52.7 Å².